The van der Waals surface area contributed by atoms with Crippen LogP contribution in [-0.2, 0) is 4.79 Å². The number of hydrazone groups is 1. The second-order valence-electron chi connectivity index (χ2n) is 9.53. The van der Waals surface area contributed by atoms with Crippen molar-refractivity contribution >= 4 is 18.3 Å². The highest BCUT2D eigenvalue weighted by Crippen LogP contribution is 2.39. The average molecular weight is 560 g/mol. The highest BCUT2D eigenvalue weighted by molar-refractivity contribution is 6.00. The number of aliphatic imine (C=N–C) groups is 1. The van der Waals surface area contributed by atoms with Crippen LogP contribution in [0.2, 0.25) is 0 Å². The molecular formula is C32H61N7O. The Kier molecular flexibility index (Phi) is 22.5. The summed E-state index contributed by atoms with van der Waals surface area (Å²) in [6.07, 6.45) is 12.8. The van der Waals surface area contributed by atoms with E-state index in [2.05, 4.69) is 72.5 Å². The van der Waals surface area contributed by atoms with E-state index < -0.39 is 5.41 Å². The summed E-state index contributed by atoms with van der Waals surface area (Å²) >= 11 is 0. The molecule has 230 valence electrons. The molecule has 1 atom stereocenters. The topological polar surface area (TPSA) is 84.4 Å². The second-order valence-corrected chi connectivity index (χ2v) is 9.53. The van der Waals surface area contributed by atoms with Gasteiger partial charge in [-0.2, -0.15) is 5.10 Å². The van der Waals surface area contributed by atoms with Crippen molar-refractivity contribution in [2.45, 2.75) is 94.5 Å². The van der Waals surface area contributed by atoms with Crippen LogP contribution >= 0.6 is 0 Å². The van der Waals surface area contributed by atoms with Crippen molar-refractivity contribution in [2.24, 2.45) is 15.5 Å². The molecule has 1 aliphatic heterocycles. The monoisotopic (exact) mass is 559 g/mol. The standard InChI is InChI=1S/C28H49N7O.2C2H6/c1-10-13-24(19-30-17-18-34(9)33-16-11-2)15-14-22(4)32-21-31-20-25-26(29-8)35(23(5)12-3)27(36)28(25,6)7;2*1-2/h13-16,20,23,29-30,32H,4,10-12,17-19,21H2,1-3,5-9H3;2*1-2H3/b15-14-,24-13+,31-20-,33-16-;;. The molecule has 1 aliphatic rings. The third kappa shape index (κ3) is 13.5. The van der Waals surface area contributed by atoms with Crippen LogP contribution in [0, 0.1) is 5.41 Å². The van der Waals surface area contributed by atoms with Crippen LogP contribution in [0.25, 0.3) is 0 Å². The van der Waals surface area contributed by atoms with Crippen LogP contribution in [0.4, 0.5) is 0 Å². The Morgan fingerprint density at radius 1 is 1.12 bits per heavy atom. The molecule has 8 nitrogen and oxygen atoms in total. The average Bonchev–Trinajstić information content (AvgIpc) is 3.16. The fraction of sp³-hybridized carbons (Fsp3) is 0.656. The molecule has 0 saturated heterocycles. The third-order valence-electron chi connectivity index (χ3n) is 6.18. The predicted octanol–water partition coefficient (Wildman–Crippen LogP) is 6.08. The van der Waals surface area contributed by atoms with Crippen molar-refractivity contribution in [3.05, 3.63) is 47.5 Å². The first-order valence-corrected chi connectivity index (χ1v) is 15.1. The minimum absolute atomic E-state index is 0.104. The van der Waals surface area contributed by atoms with Gasteiger partial charge in [-0.3, -0.25) is 19.7 Å². The quantitative estimate of drug-likeness (QED) is 0.0871. The van der Waals surface area contributed by atoms with Crippen LogP contribution in [0.1, 0.15) is 88.5 Å². The lowest BCUT2D eigenvalue weighted by Gasteiger charge is -2.28. The molecule has 3 N–H and O–H groups in total. The van der Waals surface area contributed by atoms with Gasteiger partial charge in [0.2, 0.25) is 5.91 Å². The molecule has 0 aromatic rings. The van der Waals surface area contributed by atoms with Crippen LogP contribution in [0.3, 0.4) is 0 Å². The highest BCUT2D eigenvalue weighted by atomic mass is 16.2. The zero-order valence-corrected chi connectivity index (χ0v) is 27.8. The molecule has 40 heavy (non-hydrogen) atoms. The highest BCUT2D eigenvalue weighted by Gasteiger charge is 2.46. The fourth-order valence-corrected chi connectivity index (χ4v) is 3.79. The number of carbonyl (C=O) groups excluding carboxylic acids is 1. The Hall–Kier alpha value is -2.87. The first-order valence-electron chi connectivity index (χ1n) is 15.1. The van der Waals surface area contributed by atoms with E-state index in [0.717, 1.165) is 56.0 Å². The number of amides is 1. The van der Waals surface area contributed by atoms with Gasteiger partial charge in [-0.1, -0.05) is 67.2 Å². The summed E-state index contributed by atoms with van der Waals surface area (Å²) in [6.45, 7) is 27.3. The predicted molar refractivity (Wildman–Crippen MR) is 177 cm³/mol. The molecule has 8 heteroatoms. The third-order valence-corrected chi connectivity index (χ3v) is 6.18. The number of nitrogens with one attached hydrogen (secondary N) is 3. The van der Waals surface area contributed by atoms with Gasteiger partial charge in [-0.15, -0.1) is 0 Å². The number of carbonyl (C=O) groups is 1. The van der Waals surface area contributed by atoms with Crippen molar-refractivity contribution in [1.29, 1.82) is 0 Å². The van der Waals surface area contributed by atoms with E-state index in [1.54, 1.807) is 0 Å². The van der Waals surface area contributed by atoms with Gasteiger partial charge in [0, 0.05) is 63.5 Å². The van der Waals surface area contributed by atoms with Crippen LogP contribution < -0.4 is 16.0 Å². The summed E-state index contributed by atoms with van der Waals surface area (Å²) in [6, 6.07) is 0.128. The van der Waals surface area contributed by atoms with E-state index in [0.29, 0.717) is 6.67 Å². The number of hydrogen-bond acceptors (Lipinski definition) is 7. The number of likely N-dealkylation sites (N-methyl/N-ethyl adjacent to an activating group) is 1. The number of nitrogens with zero attached hydrogens (tertiary/aromatic N) is 4. The van der Waals surface area contributed by atoms with Crippen LogP contribution in [0.5, 0.6) is 0 Å². The lowest BCUT2D eigenvalue weighted by molar-refractivity contribution is -0.135. The minimum Gasteiger partial charge on any atom is -0.374 e. The maximum atomic E-state index is 13.0. The zero-order chi connectivity index (χ0) is 31.1. The van der Waals surface area contributed by atoms with Crippen molar-refractivity contribution in [1.82, 2.24) is 25.9 Å². The maximum Gasteiger partial charge on any atom is 0.238 e. The zero-order valence-electron chi connectivity index (χ0n) is 27.8. The first kappa shape index (κ1) is 39.3. The van der Waals surface area contributed by atoms with Gasteiger partial charge in [0.1, 0.15) is 12.5 Å². The van der Waals surface area contributed by atoms with E-state index in [-0.39, 0.29) is 11.9 Å². The molecule has 0 bridgehead atoms. The van der Waals surface area contributed by atoms with Gasteiger partial charge < -0.3 is 16.0 Å². The van der Waals surface area contributed by atoms with Crippen molar-refractivity contribution in [3.63, 3.8) is 0 Å². The lowest BCUT2D eigenvalue weighted by atomic mass is 9.86. The molecule has 0 aromatic carbocycles. The molecule has 1 rings (SSSR count). The van der Waals surface area contributed by atoms with E-state index >= 15 is 0 Å². The molecule has 1 unspecified atom stereocenters. The first-order chi connectivity index (χ1) is 19.1. The summed E-state index contributed by atoms with van der Waals surface area (Å²) in [5, 5.41) is 16.2. The van der Waals surface area contributed by atoms with Crippen molar-refractivity contribution in [2.75, 3.05) is 40.4 Å². The van der Waals surface area contributed by atoms with E-state index in [1.165, 1.54) is 5.57 Å². The Bertz CT molecular complexity index is 868. The van der Waals surface area contributed by atoms with Crippen LogP contribution in [-0.4, -0.2) is 74.7 Å². The molecule has 1 heterocycles. The Morgan fingerprint density at radius 2 is 1.77 bits per heavy atom. The van der Waals surface area contributed by atoms with Crippen molar-refractivity contribution in [3.8, 4) is 0 Å². The smallest absolute Gasteiger partial charge is 0.238 e. The lowest BCUT2D eigenvalue weighted by Crippen LogP contribution is -2.41. The normalized spacial score (nSPS) is 15.8. The van der Waals surface area contributed by atoms with E-state index in [4.69, 9.17) is 0 Å². The molecule has 0 aromatic heterocycles. The SMILES string of the molecule is C=C(/C=C\C(=C/CC)CNCCN(C)/N=C\CC)NC/N=C\C1=C(NC)N(C(C)CC)C(=O)C1(C)C.CC.CC. The Labute approximate surface area is 246 Å². The fourth-order valence-electron chi connectivity index (χ4n) is 3.79. The number of rotatable bonds is 17. The van der Waals surface area contributed by atoms with Gasteiger partial charge in [0.25, 0.3) is 0 Å². The van der Waals surface area contributed by atoms with Gasteiger partial charge in [0.15, 0.2) is 0 Å². The van der Waals surface area contributed by atoms with Crippen LogP contribution in [0.15, 0.2) is 57.6 Å². The number of allylic oxidation sites excluding steroid dienone is 2. The van der Waals surface area contributed by atoms with E-state index in [1.807, 2.05) is 84.1 Å². The minimum atomic E-state index is -0.619. The van der Waals surface area contributed by atoms with Gasteiger partial charge >= 0.3 is 0 Å². The molecule has 0 fully saturated rings. The van der Waals surface area contributed by atoms with Gasteiger partial charge in [-0.25, -0.2) is 0 Å². The summed E-state index contributed by atoms with van der Waals surface area (Å²) in [7, 11) is 3.84. The second kappa shape index (κ2) is 22.9. The molecule has 0 aliphatic carbocycles. The van der Waals surface area contributed by atoms with Crippen molar-refractivity contribution < 1.29 is 4.79 Å². The molecule has 0 saturated carbocycles. The molecule has 1 amide bonds. The van der Waals surface area contributed by atoms with Gasteiger partial charge in [0.05, 0.1) is 5.41 Å². The number of hydrogen-bond donors (Lipinski definition) is 3. The molecule has 0 radical (unpaired) electrons. The molecule has 0 spiro atoms. The van der Waals surface area contributed by atoms with E-state index in [9.17, 15) is 4.79 Å². The summed E-state index contributed by atoms with van der Waals surface area (Å²) in [4.78, 5) is 19.5. The molecular weight excluding hydrogens is 498 g/mol. The summed E-state index contributed by atoms with van der Waals surface area (Å²) < 4.78 is 0. The maximum absolute atomic E-state index is 13.0. The Morgan fingerprint density at radius 3 is 2.33 bits per heavy atom. The largest absolute Gasteiger partial charge is 0.374 e. The summed E-state index contributed by atoms with van der Waals surface area (Å²) in [5.41, 5.74) is 2.28. The van der Waals surface area contributed by atoms with Gasteiger partial charge in [-0.05, 0) is 51.7 Å². The Balaban J connectivity index is 0. The summed E-state index contributed by atoms with van der Waals surface area (Å²) in [5.74, 6) is 0.944.